The molecule has 7 heteroatoms. The largest absolute Gasteiger partial charge is 0.494 e. The molecular weight excluding hydrogens is 422 g/mol. The fourth-order valence-electron chi connectivity index (χ4n) is 2.77. The van der Waals surface area contributed by atoms with Crippen LogP contribution in [0.15, 0.2) is 48.8 Å². The molecule has 26 heavy (non-hydrogen) atoms. The molecule has 0 aliphatic rings. The van der Waals surface area contributed by atoms with Gasteiger partial charge in [0.2, 0.25) is 0 Å². The summed E-state index contributed by atoms with van der Waals surface area (Å²) in [7, 11) is 0. The van der Waals surface area contributed by atoms with Gasteiger partial charge < -0.3 is 9.15 Å². The number of rotatable bonds is 5. The van der Waals surface area contributed by atoms with Crippen LogP contribution in [0.4, 0.5) is 0 Å². The maximum Gasteiger partial charge on any atom is 0.422 e. The predicted octanol–water partition coefficient (Wildman–Crippen LogP) is 4.46. The van der Waals surface area contributed by atoms with E-state index in [1.807, 2.05) is 26.0 Å². The standard InChI is InChI=1S/C19H17BrClNO4/c1-11-8-14-17(15(20)9-11)22(19(24)26-18(14)23)6-3-7-25-13-4-5-16(21)12(2)10-13/h4-5,8-10H,3,6-7H2,1-2H3. The number of aromatic nitrogens is 1. The summed E-state index contributed by atoms with van der Waals surface area (Å²) in [6, 6.07) is 9.04. The van der Waals surface area contributed by atoms with Gasteiger partial charge in [0.15, 0.2) is 0 Å². The first-order chi connectivity index (χ1) is 12.4. The number of nitrogens with zero attached hydrogens (tertiary/aromatic N) is 1. The molecule has 0 unspecified atom stereocenters. The number of benzene rings is 2. The van der Waals surface area contributed by atoms with Crippen molar-refractivity contribution < 1.29 is 9.15 Å². The van der Waals surface area contributed by atoms with Crippen LogP contribution < -0.4 is 16.1 Å². The van der Waals surface area contributed by atoms with E-state index in [1.165, 1.54) is 4.57 Å². The molecule has 3 aromatic rings. The second-order valence-electron chi connectivity index (χ2n) is 6.06. The van der Waals surface area contributed by atoms with Gasteiger partial charge >= 0.3 is 11.4 Å². The lowest BCUT2D eigenvalue weighted by Crippen LogP contribution is -2.26. The van der Waals surface area contributed by atoms with E-state index in [1.54, 1.807) is 18.2 Å². The van der Waals surface area contributed by atoms with Crippen molar-refractivity contribution in [2.24, 2.45) is 0 Å². The highest BCUT2D eigenvalue weighted by molar-refractivity contribution is 9.10. The van der Waals surface area contributed by atoms with Crippen LogP contribution in [0.5, 0.6) is 5.75 Å². The molecule has 0 spiro atoms. The normalized spacial score (nSPS) is 11.1. The van der Waals surface area contributed by atoms with Gasteiger partial charge in [0, 0.05) is 16.0 Å². The van der Waals surface area contributed by atoms with Crippen LogP contribution >= 0.6 is 27.5 Å². The Morgan fingerprint density at radius 2 is 1.96 bits per heavy atom. The van der Waals surface area contributed by atoms with Gasteiger partial charge in [-0.25, -0.2) is 9.59 Å². The Balaban J connectivity index is 1.80. The van der Waals surface area contributed by atoms with E-state index in [-0.39, 0.29) is 0 Å². The zero-order valence-corrected chi connectivity index (χ0v) is 16.7. The lowest BCUT2D eigenvalue weighted by molar-refractivity contribution is 0.296. The SMILES string of the molecule is Cc1cc(Br)c2c(c1)c(=O)oc(=O)n2CCCOc1ccc(Cl)c(C)c1. The Morgan fingerprint density at radius 1 is 1.19 bits per heavy atom. The van der Waals surface area contributed by atoms with E-state index in [0.717, 1.165) is 16.9 Å². The molecule has 0 fully saturated rings. The van der Waals surface area contributed by atoms with Crippen molar-refractivity contribution in [3.05, 3.63) is 71.9 Å². The van der Waals surface area contributed by atoms with E-state index in [9.17, 15) is 9.59 Å². The van der Waals surface area contributed by atoms with Crippen molar-refractivity contribution in [2.75, 3.05) is 6.61 Å². The lowest BCUT2D eigenvalue weighted by atomic mass is 10.2. The summed E-state index contributed by atoms with van der Waals surface area (Å²) in [5.74, 6) is 0.0508. The second kappa shape index (κ2) is 7.68. The van der Waals surface area contributed by atoms with Crippen LogP contribution in [-0.4, -0.2) is 11.2 Å². The van der Waals surface area contributed by atoms with Crippen LogP contribution in [0, 0.1) is 13.8 Å². The molecule has 0 bridgehead atoms. The second-order valence-corrected chi connectivity index (χ2v) is 7.32. The fraction of sp³-hybridized carbons (Fsp3) is 0.263. The van der Waals surface area contributed by atoms with Crippen molar-refractivity contribution in [3.63, 3.8) is 0 Å². The molecule has 3 rings (SSSR count). The molecule has 136 valence electrons. The van der Waals surface area contributed by atoms with Gasteiger partial charge in [-0.15, -0.1) is 0 Å². The third-order valence-electron chi connectivity index (χ3n) is 4.02. The minimum Gasteiger partial charge on any atom is -0.494 e. The summed E-state index contributed by atoms with van der Waals surface area (Å²) >= 11 is 9.44. The average Bonchev–Trinajstić information content (AvgIpc) is 2.57. The number of fused-ring (bicyclic) bond motifs is 1. The topological polar surface area (TPSA) is 61.4 Å². The highest BCUT2D eigenvalue weighted by Gasteiger charge is 2.13. The lowest BCUT2D eigenvalue weighted by Gasteiger charge is -2.12. The maximum absolute atomic E-state index is 12.2. The minimum atomic E-state index is -0.672. The van der Waals surface area contributed by atoms with Gasteiger partial charge in [0.25, 0.3) is 0 Å². The average molecular weight is 439 g/mol. The summed E-state index contributed by atoms with van der Waals surface area (Å²) in [5, 5.41) is 1.07. The predicted molar refractivity (Wildman–Crippen MR) is 105 cm³/mol. The van der Waals surface area contributed by atoms with Crippen LogP contribution in [0.1, 0.15) is 17.5 Å². The first-order valence-corrected chi connectivity index (χ1v) is 9.26. The maximum atomic E-state index is 12.2. The first kappa shape index (κ1) is 18.7. The molecular formula is C19H17BrClNO4. The number of hydrogen-bond donors (Lipinski definition) is 0. The third-order valence-corrected chi connectivity index (χ3v) is 5.05. The monoisotopic (exact) mass is 437 g/mol. The molecule has 2 aromatic carbocycles. The van der Waals surface area contributed by atoms with Crippen molar-refractivity contribution in [2.45, 2.75) is 26.8 Å². The van der Waals surface area contributed by atoms with Crippen LogP contribution in [0.25, 0.3) is 10.9 Å². The Kier molecular flexibility index (Phi) is 5.53. The molecule has 0 amide bonds. The summed E-state index contributed by atoms with van der Waals surface area (Å²) in [5.41, 5.74) is 1.76. The van der Waals surface area contributed by atoms with Crippen molar-refractivity contribution in [1.82, 2.24) is 4.57 Å². The molecule has 0 saturated heterocycles. The summed E-state index contributed by atoms with van der Waals surface area (Å²) in [6.45, 7) is 4.57. The van der Waals surface area contributed by atoms with Crippen molar-refractivity contribution in [3.8, 4) is 5.75 Å². The molecule has 0 radical (unpaired) electrons. The molecule has 0 aliphatic carbocycles. The van der Waals surface area contributed by atoms with E-state index >= 15 is 0 Å². The number of ether oxygens (including phenoxy) is 1. The van der Waals surface area contributed by atoms with Crippen LogP contribution in [0.3, 0.4) is 0 Å². The molecule has 5 nitrogen and oxygen atoms in total. The smallest absolute Gasteiger partial charge is 0.422 e. The Bertz CT molecular complexity index is 1090. The van der Waals surface area contributed by atoms with Gasteiger partial charge in [0.1, 0.15) is 5.75 Å². The summed E-state index contributed by atoms with van der Waals surface area (Å²) < 4.78 is 12.7. The Hall–Kier alpha value is -2.05. The van der Waals surface area contributed by atoms with E-state index in [4.69, 9.17) is 20.8 Å². The number of hydrogen-bond acceptors (Lipinski definition) is 4. The molecule has 0 saturated carbocycles. The fourth-order valence-corrected chi connectivity index (χ4v) is 3.67. The van der Waals surface area contributed by atoms with E-state index in [2.05, 4.69) is 15.9 Å². The van der Waals surface area contributed by atoms with Gasteiger partial charge in [-0.2, -0.15) is 0 Å². The van der Waals surface area contributed by atoms with E-state index in [0.29, 0.717) is 40.0 Å². The zero-order valence-electron chi connectivity index (χ0n) is 14.3. The summed E-state index contributed by atoms with van der Waals surface area (Å²) in [4.78, 5) is 24.2. The quantitative estimate of drug-likeness (QED) is 0.552. The molecule has 1 aromatic heterocycles. The first-order valence-electron chi connectivity index (χ1n) is 8.09. The van der Waals surface area contributed by atoms with Gasteiger partial charge in [-0.05, 0) is 77.7 Å². The number of aryl methyl sites for hydroxylation is 3. The Morgan fingerprint density at radius 3 is 2.69 bits per heavy atom. The molecule has 0 atom stereocenters. The highest BCUT2D eigenvalue weighted by atomic mass is 79.9. The van der Waals surface area contributed by atoms with Gasteiger partial charge in [-0.3, -0.25) is 4.57 Å². The van der Waals surface area contributed by atoms with E-state index < -0.39 is 11.4 Å². The zero-order chi connectivity index (χ0) is 18.8. The number of halogens is 2. The molecule has 0 N–H and O–H groups in total. The minimum absolute atomic E-state index is 0.368. The van der Waals surface area contributed by atoms with Crippen LogP contribution in [0.2, 0.25) is 5.02 Å². The molecule has 0 aliphatic heterocycles. The van der Waals surface area contributed by atoms with Gasteiger partial charge in [-0.1, -0.05) is 11.6 Å². The summed E-state index contributed by atoms with van der Waals surface area (Å²) in [6.07, 6.45) is 0.574. The van der Waals surface area contributed by atoms with Gasteiger partial charge in [0.05, 0.1) is 17.5 Å². The van der Waals surface area contributed by atoms with Crippen molar-refractivity contribution >= 4 is 38.4 Å². The van der Waals surface area contributed by atoms with Crippen LogP contribution in [-0.2, 0) is 6.54 Å². The highest BCUT2D eigenvalue weighted by Crippen LogP contribution is 2.23. The molecule has 1 heterocycles. The van der Waals surface area contributed by atoms with Crippen molar-refractivity contribution in [1.29, 1.82) is 0 Å². The third kappa shape index (κ3) is 3.86. The Labute approximate surface area is 163 Å².